The van der Waals surface area contributed by atoms with E-state index in [0.717, 1.165) is 11.3 Å². The summed E-state index contributed by atoms with van der Waals surface area (Å²) in [5, 5.41) is 14.8. The van der Waals surface area contributed by atoms with E-state index in [-0.39, 0.29) is 17.5 Å². The molecule has 1 heterocycles. The Kier molecular flexibility index (Phi) is 5.77. The monoisotopic (exact) mass is 394 g/mol. The number of methoxy groups -OCH3 is 1. The second-order valence-electron chi connectivity index (χ2n) is 6.33. The number of nitro groups is 1. The van der Waals surface area contributed by atoms with Crippen molar-refractivity contribution in [3.8, 4) is 16.9 Å². The van der Waals surface area contributed by atoms with Crippen LogP contribution >= 0.6 is 0 Å². The highest BCUT2D eigenvalue weighted by Crippen LogP contribution is 2.35. The van der Waals surface area contributed by atoms with Crippen LogP contribution in [0.5, 0.6) is 5.75 Å². The lowest BCUT2D eigenvalue weighted by Gasteiger charge is -2.13. The van der Waals surface area contributed by atoms with Crippen molar-refractivity contribution in [2.45, 2.75) is 19.9 Å². The summed E-state index contributed by atoms with van der Waals surface area (Å²) in [5.74, 6) is 1.03. The number of hydrogen-bond donors (Lipinski definition) is 3. The molecule has 0 saturated carbocycles. The summed E-state index contributed by atoms with van der Waals surface area (Å²) in [6.07, 6.45) is 0.567. The summed E-state index contributed by atoms with van der Waals surface area (Å²) in [6, 6.07) is 12.4. The van der Waals surface area contributed by atoms with Crippen LogP contribution in [0.2, 0.25) is 0 Å². The van der Waals surface area contributed by atoms with Gasteiger partial charge in [0, 0.05) is 18.2 Å². The quantitative estimate of drug-likeness (QED) is 0.409. The molecule has 3 aromatic rings. The number of aryl methyl sites for hydroxylation is 1. The van der Waals surface area contributed by atoms with Gasteiger partial charge in [-0.25, -0.2) is 4.98 Å². The van der Waals surface area contributed by atoms with Crippen molar-refractivity contribution in [3.63, 3.8) is 0 Å². The van der Waals surface area contributed by atoms with Crippen molar-refractivity contribution in [3.05, 3.63) is 63.8 Å². The number of rotatable bonds is 7. The number of nitrogens with zero attached hydrogens (tertiary/aromatic N) is 3. The molecule has 0 amide bonds. The van der Waals surface area contributed by atoms with Gasteiger partial charge in [0.2, 0.25) is 5.95 Å². The van der Waals surface area contributed by atoms with Gasteiger partial charge in [0.25, 0.3) is 5.69 Å². The molecule has 0 aliphatic carbocycles. The zero-order valence-corrected chi connectivity index (χ0v) is 16.2. The molecule has 0 aliphatic heterocycles. The molecular weight excluding hydrogens is 372 g/mol. The van der Waals surface area contributed by atoms with Crippen LogP contribution in [0.15, 0.2) is 42.5 Å². The molecule has 0 fully saturated rings. The fraction of sp³-hybridized carbons (Fsp3) is 0.200. The van der Waals surface area contributed by atoms with E-state index in [1.54, 1.807) is 19.2 Å². The Hall–Kier alpha value is -3.88. The predicted molar refractivity (Wildman–Crippen MR) is 113 cm³/mol. The summed E-state index contributed by atoms with van der Waals surface area (Å²) >= 11 is 0. The molecular formula is C20H22N6O3. The van der Waals surface area contributed by atoms with Gasteiger partial charge in [-0.2, -0.15) is 4.98 Å². The fourth-order valence-electron chi connectivity index (χ4n) is 3.05. The fourth-order valence-corrected chi connectivity index (χ4v) is 3.05. The highest BCUT2D eigenvalue weighted by atomic mass is 16.6. The van der Waals surface area contributed by atoms with E-state index in [0.29, 0.717) is 35.5 Å². The van der Waals surface area contributed by atoms with Crippen LogP contribution in [0.1, 0.15) is 18.2 Å². The molecule has 0 radical (unpaired) electrons. The number of ether oxygens (including phenoxy) is 1. The Labute approximate surface area is 167 Å². The number of nitrogens with one attached hydrogen (secondary N) is 1. The third-order valence-electron chi connectivity index (χ3n) is 4.49. The van der Waals surface area contributed by atoms with E-state index >= 15 is 0 Å². The maximum atomic E-state index is 11.7. The van der Waals surface area contributed by atoms with Gasteiger partial charge in [-0.1, -0.05) is 25.1 Å². The van der Waals surface area contributed by atoms with E-state index < -0.39 is 4.92 Å². The van der Waals surface area contributed by atoms with Crippen LogP contribution in [-0.4, -0.2) is 22.0 Å². The zero-order chi connectivity index (χ0) is 21.0. The van der Waals surface area contributed by atoms with Crippen LogP contribution < -0.4 is 21.5 Å². The van der Waals surface area contributed by atoms with Crippen molar-refractivity contribution in [1.82, 2.24) is 9.97 Å². The maximum Gasteiger partial charge on any atom is 0.292 e. The molecule has 5 N–H and O–H groups in total. The van der Waals surface area contributed by atoms with Gasteiger partial charge in [0.05, 0.1) is 17.7 Å². The average Bonchev–Trinajstić information content (AvgIpc) is 2.72. The number of benzene rings is 2. The number of nitrogens with two attached hydrogens (primary N) is 2. The van der Waals surface area contributed by atoms with Crippen LogP contribution in [-0.2, 0) is 13.0 Å². The first-order chi connectivity index (χ1) is 13.9. The van der Waals surface area contributed by atoms with Gasteiger partial charge in [-0.15, -0.1) is 0 Å². The average molecular weight is 394 g/mol. The second-order valence-corrected chi connectivity index (χ2v) is 6.33. The molecule has 3 rings (SSSR count). The van der Waals surface area contributed by atoms with E-state index in [1.807, 2.05) is 31.2 Å². The van der Waals surface area contributed by atoms with Gasteiger partial charge in [0.15, 0.2) is 0 Å². The lowest BCUT2D eigenvalue weighted by Crippen LogP contribution is -2.07. The number of aromatic nitrogens is 2. The van der Waals surface area contributed by atoms with E-state index in [1.165, 1.54) is 6.07 Å². The van der Waals surface area contributed by atoms with E-state index in [2.05, 4.69) is 15.3 Å². The molecule has 0 atom stereocenters. The largest absolute Gasteiger partial charge is 0.497 e. The van der Waals surface area contributed by atoms with E-state index in [9.17, 15) is 10.1 Å². The molecule has 150 valence electrons. The minimum absolute atomic E-state index is 0.0608. The van der Waals surface area contributed by atoms with Crippen LogP contribution in [0.25, 0.3) is 11.1 Å². The summed E-state index contributed by atoms with van der Waals surface area (Å²) in [5.41, 5.74) is 14.8. The third-order valence-corrected chi connectivity index (χ3v) is 4.49. The Balaban J connectivity index is 1.92. The molecule has 0 saturated heterocycles. The lowest BCUT2D eigenvalue weighted by atomic mass is 10.0. The standard InChI is InChI=1S/C20H22N6O3/c1-3-15-18(19(21)25-20(22)24-15)13-6-9-16(17(10-13)26(27)28)23-11-12-4-7-14(29-2)8-5-12/h4-10,23H,3,11H2,1-2H3,(H4,21,22,24,25). The van der Waals surface area contributed by atoms with Crippen LogP contribution in [0.3, 0.4) is 0 Å². The Morgan fingerprint density at radius 3 is 2.48 bits per heavy atom. The molecule has 0 unspecified atom stereocenters. The molecule has 9 heteroatoms. The second kappa shape index (κ2) is 8.42. The predicted octanol–water partition coefficient (Wildman–Crippen LogP) is 3.40. The number of anilines is 3. The van der Waals surface area contributed by atoms with E-state index in [4.69, 9.17) is 16.2 Å². The maximum absolute atomic E-state index is 11.7. The highest BCUT2D eigenvalue weighted by molar-refractivity contribution is 5.81. The first-order valence-electron chi connectivity index (χ1n) is 9.00. The van der Waals surface area contributed by atoms with Gasteiger partial charge < -0.3 is 21.5 Å². The Bertz CT molecular complexity index is 1040. The summed E-state index contributed by atoms with van der Waals surface area (Å²) in [7, 11) is 1.60. The minimum Gasteiger partial charge on any atom is -0.497 e. The Morgan fingerprint density at radius 2 is 1.86 bits per heavy atom. The molecule has 2 aromatic carbocycles. The van der Waals surface area contributed by atoms with Crippen LogP contribution in [0.4, 0.5) is 23.1 Å². The zero-order valence-electron chi connectivity index (χ0n) is 16.2. The highest BCUT2D eigenvalue weighted by Gasteiger charge is 2.19. The van der Waals surface area contributed by atoms with Gasteiger partial charge in [0.1, 0.15) is 17.3 Å². The third kappa shape index (κ3) is 4.34. The minimum atomic E-state index is -0.431. The summed E-state index contributed by atoms with van der Waals surface area (Å²) < 4.78 is 5.14. The molecule has 9 nitrogen and oxygen atoms in total. The topological polar surface area (TPSA) is 142 Å². The molecule has 0 aliphatic rings. The smallest absolute Gasteiger partial charge is 0.292 e. The van der Waals surface area contributed by atoms with Crippen molar-refractivity contribution < 1.29 is 9.66 Å². The van der Waals surface area contributed by atoms with Crippen molar-refractivity contribution >= 4 is 23.1 Å². The summed E-state index contributed by atoms with van der Waals surface area (Å²) in [6.45, 7) is 2.33. The normalized spacial score (nSPS) is 10.6. The number of hydrogen-bond acceptors (Lipinski definition) is 8. The van der Waals surface area contributed by atoms with Gasteiger partial charge in [-0.05, 0) is 35.7 Å². The number of nitro benzene ring substituents is 1. The molecule has 0 bridgehead atoms. The SMILES string of the molecule is CCc1nc(N)nc(N)c1-c1ccc(NCc2ccc(OC)cc2)c([N+](=O)[O-])c1. The number of nitrogen functional groups attached to an aromatic ring is 2. The van der Waals surface area contributed by atoms with Gasteiger partial charge >= 0.3 is 0 Å². The molecule has 1 aromatic heterocycles. The van der Waals surface area contributed by atoms with Crippen LogP contribution in [0, 0.1) is 10.1 Å². The first kappa shape index (κ1) is 19.9. The van der Waals surface area contributed by atoms with Crippen molar-refractivity contribution in [2.24, 2.45) is 0 Å². The van der Waals surface area contributed by atoms with Crippen molar-refractivity contribution in [1.29, 1.82) is 0 Å². The molecule has 0 spiro atoms. The molecule has 29 heavy (non-hydrogen) atoms. The van der Waals surface area contributed by atoms with Gasteiger partial charge in [-0.3, -0.25) is 10.1 Å². The van der Waals surface area contributed by atoms with Crippen molar-refractivity contribution in [2.75, 3.05) is 23.9 Å². The Morgan fingerprint density at radius 1 is 1.14 bits per heavy atom. The lowest BCUT2D eigenvalue weighted by molar-refractivity contribution is -0.383. The first-order valence-corrected chi connectivity index (χ1v) is 9.00. The summed E-state index contributed by atoms with van der Waals surface area (Å²) in [4.78, 5) is 19.4.